The molecule has 3 aliphatic rings. The van der Waals surface area contributed by atoms with Crippen LogP contribution in [-0.4, -0.2) is 93.9 Å². The van der Waals surface area contributed by atoms with E-state index >= 15 is 0 Å². The van der Waals surface area contributed by atoms with E-state index in [2.05, 4.69) is 47.6 Å². The highest BCUT2D eigenvalue weighted by Gasteiger charge is 2.36. The molecule has 1 saturated carbocycles. The van der Waals surface area contributed by atoms with Gasteiger partial charge in [-0.25, -0.2) is 9.78 Å². The first-order valence-electron chi connectivity index (χ1n) is 12.7. The van der Waals surface area contributed by atoms with Crippen LogP contribution in [0.2, 0.25) is 5.02 Å². The summed E-state index contributed by atoms with van der Waals surface area (Å²) in [5, 5.41) is 30.6. The summed E-state index contributed by atoms with van der Waals surface area (Å²) in [5.74, 6) is 0.759. The molecule has 0 atom stereocenters. The highest BCUT2D eigenvalue weighted by atomic mass is 35.5. The van der Waals surface area contributed by atoms with Gasteiger partial charge in [-0.3, -0.25) is 4.90 Å². The van der Waals surface area contributed by atoms with Crippen molar-refractivity contribution in [3.8, 4) is 12.1 Å². The average molecular weight is 548 g/mol. The van der Waals surface area contributed by atoms with E-state index in [4.69, 9.17) is 16.3 Å². The highest BCUT2D eigenvalue weighted by Crippen LogP contribution is 2.38. The number of rotatable bonds is 6. The summed E-state index contributed by atoms with van der Waals surface area (Å²) in [7, 11) is 1.40. The lowest BCUT2D eigenvalue weighted by molar-refractivity contribution is 0.0677. The molecule has 3 fully saturated rings. The molecular weight excluding hydrogens is 522 g/mol. The lowest BCUT2D eigenvalue weighted by atomic mass is 10.0. The molecule has 1 aliphatic carbocycles. The topological polar surface area (TPSA) is 151 Å². The predicted octanol–water partition coefficient (Wildman–Crippen LogP) is 2.41. The number of aromatic nitrogens is 4. The third-order valence-corrected chi connectivity index (χ3v) is 7.69. The number of nitrogens with zero attached hydrogens (tertiary/aromatic N) is 9. The number of halogens is 1. The second-order valence-electron chi connectivity index (χ2n) is 9.84. The minimum absolute atomic E-state index is 0.230. The Balaban J connectivity index is 1.21. The van der Waals surface area contributed by atoms with Crippen LogP contribution in [0.3, 0.4) is 0 Å². The van der Waals surface area contributed by atoms with Gasteiger partial charge in [0.2, 0.25) is 5.95 Å². The lowest BCUT2D eigenvalue weighted by Gasteiger charge is -2.49. The second-order valence-corrected chi connectivity index (χ2v) is 10.2. The molecule has 2 aromatic heterocycles. The molecule has 2 saturated heterocycles. The molecule has 0 unspecified atom stereocenters. The minimum Gasteiger partial charge on any atom is -0.453 e. The number of nitriles is 2. The standard InChI is InChI=1S/C25H26ClN11O2/c1-39-25(38)35-6-4-34(5-7-35)18-13-36(14-18)20-9-15(10-27)8-19(21(20)26)31-24-32-22(30-16-2-3-16)23-29-12-17(11-28)37(23)33-24/h8-9,12,16,18H,2-7,13-14H2,1H3,(H2,30,31,32,33). The molecule has 200 valence electrons. The Kier molecular flexibility index (Phi) is 6.46. The van der Waals surface area contributed by atoms with E-state index in [1.165, 1.54) is 17.8 Å². The van der Waals surface area contributed by atoms with Crippen LogP contribution in [0.1, 0.15) is 24.1 Å². The van der Waals surface area contributed by atoms with Gasteiger partial charge >= 0.3 is 6.09 Å². The Morgan fingerprint density at radius 3 is 2.59 bits per heavy atom. The van der Waals surface area contributed by atoms with Crippen LogP contribution in [0.15, 0.2) is 18.3 Å². The lowest BCUT2D eigenvalue weighted by Crippen LogP contribution is -2.63. The van der Waals surface area contributed by atoms with Gasteiger partial charge in [0.25, 0.3) is 0 Å². The molecule has 0 radical (unpaired) electrons. The number of anilines is 4. The summed E-state index contributed by atoms with van der Waals surface area (Å²) in [4.78, 5) is 26.9. The quantitative estimate of drug-likeness (QED) is 0.468. The molecule has 2 aliphatic heterocycles. The fraction of sp³-hybridized carbons (Fsp3) is 0.440. The molecule has 1 amide bonds. The van der Waals surface area contributed by atoms with E-state index in [1.807, 2.05) is 0 Å². The maximum atomic E-state index is 11.8. The van der Waals surface area contributed by atoms with Gasteiger partial charge in [-0.1, -0.05) is 11.6 Å². The van der Waals surface area contributed by atoms with Crippen LogP contribution >= 0.6 is 11.6 Å². The van der Waals surface area contributed by atoms with Gasteiger partial charge in [-0.15, -0.1) is 5.10 Å². The molecule has 4 heterocycles. The van der Waals surface area contributed by atoms with Gasteiger partial charge in [0.05, 0.1) is 41.3 Å². The molecule has 6 rings (SSSR count). The second kappa shape index (κ2) is 10.1. The summed E-state index contributed by atoms with van der Waals surface area (Å²) in [6.07, 6.45) is 3.26. The minimum atomic E-state index is -0.291. The van der Waals surface area contributed by atoms with Crippen molar-refractivity contribution in [1.82, 2.24) is 29.4 Å². The van der Waals surface area contributed by atoms with E-state index in [9.17, 15) is 15.3 Å². The van der Waals surface area contributed by atoms with Crippen molar-refractivity contribution in [2.24, 2.45) is 0 Å². The van der Waals surface area contributed by atoms with E-state index in [-0.39, 0.29) is 17.7 Å². The van der Waals surface area contributed by atoms with Crippen LogP contribution in [0.25, 0.3) is 5.65 Å². The van der Waals surface area contributed by atoms with E-state index in [0.29, 0.717) is 52.9 Å². The zero-order valence-electron chi connectivity index (χ0n) is 21.3. The number of benzene rings is 1. The first kappa shape index (κ1) is 25.0. The number of hydrogen-bond acceptors (Lipinski definition) is 11. The maximum absolute atomic E-state index is 11.8. The maximum Gasteiger partial charge on any atom is 0.409 e. The third kappa shape index (κ3) is 4.82. The Morgan fingerprint density at radius 2 is 1.92 bits per heavy atom. The fourth-order valence-electron chi connectivity index (χ4n) is 4.93. The number of nitrogens with one attached hydrogen (secondary N) is 2. The number of piperazine rings is 1. The normalized spacial score (nSPS) is 17.8. The fourth-order valence-corrected chi connectivity index (χ4v) is 5.20. The largest absolute Gasteiger partial charge is 0.453 e. The van der Waals surface area contributed by atoms with Gasteiger partial charge in [0, 0.05) is 51.4 Å². The summed E-state index contributed by atoms with van der Waals surface area (Å²) in [6.45, 7) is 4.34. The number of methoxy groups -OCH3 is 1. The SMILES string of the molecule is COC(=O)N1CCN(C2CN(c3cc(C#N)cc(Nc4nc(NC5CC5)c5ncc(C#N)n5n4)c3Cl)C2)CC1. The molecule has 3 aromatic rings. The van der Waals surface area contributed by atoms with Crippen LogP contribution in [0, 0.1) is 22.7 Å². The van der Waals surface area contributed by atoms with Crippen LogP contribution in [0.4, 0.5) is 27.9 Å². The smallest absolute Gasteiger partial charge is 0.409 e. The molecular formula is C25H26ClN11O2. The third-order valence-electron chi connectivity index (χ3n) is 7.29. The molecule has 13 nitrogen and oxygen atoms in total. The number of carbonyl (C=O) groups is 1. The first-order valence-corrected chi connectivity index (χ1v) is 13.1. The number of carbonyl (C=O) groups excluding carboxylic acids is 1. The summed E-state index contributed by atoms with van der Waals surface area (Å²) >= 11 is 6.86. The summed E-state index contributed by atoms with van der Waals surface area (Å²) in [6, 6.07) is 8.40. The number of ether oxygens (including phenoxy) is 1. The average Bonchev–Trinajstić information content (AvgIpc) is 3.65. The Morgan fingerprint density at radius 1 is 1.15 bits per heavy atom. The zero-order chi connectivity index (χ0) is 27.1. The van der Waals surface area contributed by atoms with E-state index in [0.717, 1.165) is 44.7 Å². The van der Waals surface area contributed by atoms with Gasteiger partial charge in [0.1, 0.15) is 6.07 Å². The van der Waals surface area contributed by atoms with Crippen molar-refractivity contribution in [3.63, 3.8) is 0 Å². The van der Waals surface area contributed by atoms with E-state index in [1.54, 1.807) is 17.0 Å². The predicted molar refractivity (Wildman–Crippen MR) is 143 cm³/mol. The molecule has 39 heavy (non-hydrogen) atoms. The van der Waals surface area contributed by atoms with Crippen molar-refractivity contribution < 1.29 is 9.53 Å². The van der Waals surface area contributed by atoms with Crippen molar-refractivity contribution in [2.45, 2.75) is 24.9 Å². The molecule has 2 N–H and O–H groups in total. The summed E-state index contributed by atoms with van der Waals surface area (Å²) in [5.41, 5.74) is 2.45. The van der Waals surface area contributed by atoms with Crippen LogP contribution in [0.5, 0.6) is 0 Å². The Bertz CT molecular complexity index is 1510. The number of hydrogen-bond donors (Lipinski definition) is 2. The van der Waals surface area contributed by atoms with Crippen molar-refractivity contribution in [1.29, 1.82) is 10.5 Å². The zero-order valence-corrected chi connectivity index (χ0v) is 22.0. The van der Waals surface area contributed by atoms with Crippen molar-refractivity contribution in [3.05, 3.63) is 34.6 Å². The monoisotopic (exact) mass is 547 g/mol. The van der Waals surface area contributed by atoms with Gasteiger partial charge in [-0.2, -0.15) is 20.0 Å². The number of imidazole rings is 1. The number of amides is 1. The van der Waals surface area contributed by atoms with Crippen LogP contribution < -0.4 is 15.5 Å². The highest BCUT2D eigenvalue weighted by molar-refractivity contribution is 6.36. The Hall–Kier alpha value is -4.33. The molecule has 0 spiro atoms. The number of fused-ring (bicyclic) bond motifs is 1. The van der Waals surface area contributed by atoms with Crippen molar-refractivity contribution in [2.75, 3.05) is 61.9 Å². The van der Waals surface area contributed by atoms with E-state index < -0.39 is 0 Å². The Labute approximate surface area is 229 Å². The van der Waals surface area contributed by atoms with Crippen molar-refractivity contribution >= 4 is 46.5 Å². The first-order chi connectivity index (χ1) is 19.0. The molecule has 1 aromatic carbocycles. The molecule has 0 bridgehead atoms. The molecule has 14 heteroatoms. The van der Waals surface area contributed by atoms with Gasteiger partial charge in [-0.05, 0) is 25.0 Å². The van der Waals surface area contributed by atoms with Crippen LogP contribution in [-0.2, 0) is 4.74 Å². The summed E-state index contributed by atoms with van der Waals surface area (Å²) < 4.78 is 6.27. The van der Waals surface area contributed by atoms with Gasteiger partial charge in [0.15, 0.2) is 17.2 Å². The van der Waals surface area contributed by atoms with Gasteiger partial charge < -0.3 is 25.2 Å².